The van der Waals surface area contributed by atoms with Crippen molar-refractivity contribution in [2.75, 3.05) is 11.9 Å². The molecule has 1 fully saturated rings. The first-order valence-corrected chi connectivity index (χ1v) is 7.03. The normalized spacial score (nSPS) is 19.2. The van der Waals surface area contributed by atoms with E-state index in [4.69, 9.17) is 0 Å². The summed E-state index contributed by atoms with van der Waals surface area (Å²) in [5, 5.41) is 18.1. The molecule has 0 unspecified atom stereocenters. The highest BCUT2D eigenvalue weighted by atomic mass is 16.3. The fourth-order valence-electron chi connectivity index (χ4n) is 2.71. The van der Waals surface area contributed by atoms with Gasteiger partial charge in [-0.05, 0) is 25.0 Å². The van der Waals surface area contributed by atoms with Gasteiger partial charge in [-0.25, -0.2) is 4.52 Å². The molecular weight excluding hydrogens is 240 g/mol. The number of anilines is 1. The summed E-state index contributed by atoms with van der Waals surface area (Å²) in [5.74, 6) is 0.587. The first-order valence-electron chi connectivity index (χ1n) is 7.03. The predicted octanol–water partition coefficient (Wildman–Crippen LogP) is 2.23. The fourth-order valence-corrected chi connectivity index (χ4v) is 2.71. The fraction of sp³-hybridized carbons (Fsp3) is 0.571. The molecule has 1 saturated carbocycles. The van der Waals surface area contributed by atoms with Gasteiger partial charge in [0.25, 0.3) is 0 Å². The Morgan fingerprint density at radius 2 is 2.00 bits per heavy atom. The van der Waals surface area contributed by atoms with Gasteiger partial charge in [-0.2, -0.15) is 4.98 Å². The predicted molar refractivity (Wildman–Crippen MR) is 74.1 cm³/mol. The van der Waals surface area contributed by atoms with Crippen LogP contribution in [-0.2, 0) is 0 Å². The summed E-state index contributed by atoms with van der Waals surface area (Å²) in [5.41, 5.74) is 0.214. The third kappa shape index (κ3) is 2.87. The first kappa shape index (κ1) is 12.4. The standard InChI is InChI=1S/C14H20N4O/c19-14(8-4-1-2-5-9-14)11-15-13-16-12-7-3-6-10-18(12)17-13/h3,6-7,10,19H,1-2,4-5,8-9,11H2,(H,15,17). The maximum atomic E-state index is 10.6. The number of aliphatic hydroxyl groups is 1. The van der Waals surface area contributed by atoms with Crippen molar-refractivity contribution in [2.24, 2.45) is 0 Å². The van der Waals surface area contributed by atoms with Gasteiger partial charge in [0.2, 0.25) is 5.95 Å². The van der Waals surface area contributed by atoms with Gasteiger partial charge in [0.05, 0.1) is 5.60 Å². The number of nitrogens with one attached hydrogen (secondary N) is 1. The van der Waals surface area contributed by atoms with Gasteiger partial charge in [0.15, 0.2) is 5.65 Å². The summed E-state index contributed by atoms with van der Waals surface area (Å²) in [4.78, 5) is 4.38. The summed E-state index contributed by atoms with van der Waals surface area (Å²) in [6, 6.07) is 5.77. The van der Waals surface area contributed by atoms with Crippen molar-refractivity contribution < 1.29 is 5.11 Å². The topological polar surface area (TPSA) is 62.5 Å². The van der Waals surface area contributed by atoms with E-state index in [1.54, 1.807) is 4.52 Å². The van der Waals surface area contributed by atoms with Gasteiger partial charge in [-0.15, -0.1) is 5.10 Å². The van der Waals surface area contributed by atoms with Crippen LogP contribution in [0.25, 0.3) is 5.65 Å². The molecule has 0 radical (unpaired) electrons. The number of aromatic nitrogens is 3. The maximum absolute atomic E-state index is 10.6. The summed E-state index contributed by atoms with van der Waals surface area (Å²) < 4.78 is 1.74. The second-order valence-corrected chi connectivity index (χ2v) is 5.43. The molecular formula is C14H20N4O. The molecule has 2 N–H and O–H groups in total. The van der Waals surface area contributed by atoms with Crippen LogP contribution in [0.1, 0.15) is 38.5 Å². The van der Waals surface area contributed by atoms with E-state index in [1.807, 2.05) is 24.4 Å². The zero-order valence-corrected chi connectivity index (χ0v) is 11.0. The summed E-state index contributed by atoms with van der Waals surface area (Å²) in [6.07, 6.45) is 8.28. The monoisotopic (exact) mass is 260 g/mol. The van der Waals surface area contributed by atoms with Crippen molar-refractivity contribution in [1.29, 1.82) is 0 Å². The Bertz CT molecular complexity index is 510. The molecule has 1 aliphatic rings. The third-order valence-electron chi connectivity index (χ3n) is 3.85. The van der Waals surface area contributed by atoms with Crippen molar-refractivity contribution in [3.8, 4) is 0 Å². The lowest BCUT2D eigenvalue weighted by Crippen LogP contribution is -2.36. The smallest absolute Gasteiger partial charge is 0.243 e. The average Bonchev–Trinajstić information content (AvgIpc) is 2.72. The molecule has 5 nitrogen and oxygen atoms in total. The van der Waals surface area contributed by atoms with E-state index in [0.29, 0.717) is 12.5 Å². The maximum Gasteiger partial charge on any atom is 0.243 e. The minimum Gasteiger partial charge on any atom is -0.388 e. The number of pyridine rings is 1. The van der Waals surface area contributed by atoms with E-state index in [0.717, 1.165) is 31.3 Å². The molecule has 1 aliphatic carbocycles. The SMILES string of the molecule is OC1(CNc2nc3ccccn3n2)CCCCCC1. The summed E-state index contributed by atoms with van der Waals surface area (Å²) in [6.45, 7) is 0.532. The van der Waals surface area contributed by atoms with Crippen LogP contribution in [0, 0.1) is 0 Å². The van der Waals surface area contributed by atoms with Crippen LogP contribution in [0.4, 0.5) is 5.95 Å². The number of hydrogen-bond acceptors (Lipinski definition) is 4. The molecule has 5 heteroatoms. The average molecular weight is 260 g/mol. The Hall–Kier alpha value is -1.62. The van der Waals surface area contributed by atoms with E-state index in [1.165, 1.54) is 12.8 Å². The molecule has 0 amide bonds. The Kier molecular flexibility index (Phi) is 3.38. The molecule has 2 aromatic heterocycles. The zero-order chi connectivity index (χ0) is 13.1. The Balaban J connectivity index is 1.67. The summed E-state index contributed by atoms with van der Waals surface area (Å²) in [7, 11) is 0. The third-order valence-corrected chi connectivity index (χ3v) is 3.85. The van der Waals surface area contributed by atoms with Crippen LogP contribution >= 0.6 is 0 Å². The highest BCUT2D eigenvalue weighted by molar-refractivity contribution is 5.42. The highest BCUT2D eigenvalue weighted by Crippen LogP contribution is 2.27. The van der Waals surface area contributed by atoms with E-state index in [9.17, 15) is 5.11 Å². The van der Waals surface area contributed by atoms with E-state index in [-0.39, 0.29) is 0 Å². The molecule has 0 saturated heterocycles. The second-order valence-electron chi connectivity index (χ2n) is 5.43. The van der Waals surface area contributed by atoms with Crippen molar-refractivity contribution in [3.05, 3.63) is 24.4 Å². The van der Waals surface area contributed by atoms with Gasteiger partial charge >= 0.3 is 0 Å². The van der Waals surface area contributed by atoms with Crippen LogP contribution in [0.5, 0.6) is 0 Å². The molecule has 0 spiro atoms. The number of rotatable bonds is 3. The largest absolute Gasteiger partial charge is 0.388 e. The first-order chi connectivity index (χ1) is 9.25. The van der Waals surface area contributed by atoms with Crippen LogP contribution in [-0.4, -0.2) is 31.9 Å². The minimum atomic E-state index is -0.603. The van der Waals surface area contributed by atoms with Crippen molar-refractivity contribution in [3.63, 3.8) is 0 Å². The van der Waals surface area contributed by atoms with Crippen LogP contribution in [0.3, 0.4) is 0 Å². The molecule has 102 valence electrons. The Labute approximate surface area is 112 Å². The molecule has 3 rings (SSSR count). The lowest BCUT2D eigenvalue weighted by atomic mass is 9.95. The van der Waals surface area contributed by atoms with Crippen molar-refractivity contribution in [2.45, 2.75) is 44.1 Å². The van der Waals surface area contributed by atoms with Crippen molar-refractivity contribution in [1.82, 2.24) is 14.6 Å². The molecule has 0 atom stereocenters. The van der Waals surface area contributed by atoms with Gasteiger partial charge in [-0.1, -0.05) is 31.7 Å². The van der Waals surface area contributed by atoms with E-state index in [2.05, 4.69) is 15.4 Å². The lowest BCUT2D eigenvalue weighted by molar-refractivity contribution is 0.0380. The minimum absolute atomic E-state index is 0.532. The zero-order valence-electron chi connectivity index (χ0n) is 11.0. The highest BCUT2D eigenvalue weighted by Gasteiger charge is 2.28. The Morgan fingerprint density at radius 3 is 2.74 bits per heavy atom. The number of hydrogen-bond donors (Lipinski definition) is 2. The lowest BCUT2D eigenvalue weighted by Gasteiger charge is -2.26. The molecule has 0 bridgehead atoms. The molecule has 0 aromatic carbocycles. The van der Waals surface area contributed by atoms with E-state index < -0.39 is 5.60 Å². The molecule has 2 heterocycles. The van der Waals surface area contributed by atoms with Gasteiger partial charge in [0, 0.05) is 12.7 Å². The molecule has 2 aromatic rings. The molecule has 19 heavy (non-hydrogen) atoms. The Morgan fingerprint density at radius 1 is 1.21 bits per heavy atom. The van der Waals surface area contributed by atoms with Gasteiger partial charge in [0.1, 0.15) is 0 Å². The number of nitrogens with zero attached hydrogens (tertiary/aromatic N) is 3. The van der Waals surface area contributed by atoms with Gasteiger partial charge in [-0.3, -0.25) is 0 Å². The quantitative estimate of drug-likeness (QED) is 0.831. The van der Waals surface area contributed by atoms with Crippen LogP contribution in [0.15, 0.2) is 24.4 Å². The summed E-state index contributed by atoms with van der Waals surface area (Å²) >= 11 is 0. The van der Waals surface area contributed by atoms with Crippen LogP contribution < -0.4 is 5.32 Å². The number of fused-ring (bicyclic) bond motifs is 1. The second kappa shape index (κ2) is 5.17. The van der Waals surface area contributed by atoms with E-state index >= 15 is 0 Å². The van der Waals surface area contributed by atoms with Crippen molar-refractivity contribution >= 4 is 11.6 Å². The van der Waals surface area contributed by atoms with Gasteiger partial charge < -0.3 is 10.4 Å². The molecule has 0 aliphatic heterocycles. The van der Waals surface area contributed by atoms with Crippen LogP contribution in [0.2, 0.25) is 0 Å².